The second-order valence-electron chi connectivity index (χ2n) is 5.84. The second-order valence-corrected chi connectivity index (χ2v) is 5.84. The molecule has 7 heteroatoms. The summed E-state index contributed by atoms with van der Waals surface area (Å²) < 4.78 is 31.5. The third kappa shape index (κ3) is 4.53. The van der Waals surface area contributed by atoms with E-state index in [1.54, 1.807) is 0 Å². The number of pyridine rings is 1. The van der Waals surface area contributed by atoms with Gasteiger partial charge in [0.25, 0.3) is 5.91 Å². The Balaban J connectivity index is 2.13. The number of amides is 1. The Labute approximate surface area is 134 Å². The molecule has 1 fully saturated rings. The van der Waals surface area contributed by atoms with E-state index in [2.05, 4.69) is 17.2 Å². The van der Waals surface area contributed by atoms with Gasteiger partial charge < -0.3 is 15.8 Å². The van der Waals surface area contributed by atoms with Gasteiger partial charge in [-0.1, -0.05) is 13.3 Å². The molecule has 0 radical (unpaired) electrons. The Kier molecular flexibility index (Phi) is 6.12. The number of halogens is 2. The molecular weight excluding hydrogens is 304 g/mol. The van der Waals surface area contributed by atoms with E-state index < -0.39 is 18.4 Å². The number of anilines is 1. The van der Waals surface area contributed by atoms with Crippen LogP contribution in [0.5, 0.6) is 5.88 Å². The van der Waals surface area contributed by atoms with Crippen LogP contribution >= 0.6 is 0 Å². The summed E-state index contributed by atoms with van der Waals surface area (Å²) in [6, 6.07) is 1.12. The molecule has 0 saturated heterocycles. The van der Waals surface area contributed by atoms with Crippen molar-refractivity contribution in [1.29, 1.82) is 0 Å². The normalized spacial score (nSPS) is 21.0. The number of nitrogens with one attached hydrogen (secondary N) is 1. The van der Waals surface area contributed by atoms with Crippen LogP contribution in [-0.2, 0) is 0 Å². The van der Waals surface area contributed by atoms with E-state index in [-0.39, 0.29) is 29.9 Å². The summed E-state index contributed by atoms with van der Waals surface area (Å²) in [5.74, 6) is -0.916. The highest BCUT2D eigenvalue weighted by atomic mass is 19.1. The lowest BCUT2D eigenvalue weighted by molar-refractivity contribution is 0.0994. The number of primary amides is 1. The van der Waals surface area contributed by atoms with Crippen molar-refractivity contribution in [3.63, 3.8) is 0 Å². The molecule has 1 heterocycles. The third-order valence-corrected chi connectivity index (χ3v) is 4.29. The van der Waals surface area contributed by atoms with Crippen molar-refractivity contribution in [2.24, 2.45) is 11.7 Å². The second kappa shape index (κ2) is 8.08. The first-order valence-corrected chi connectivity index (χ1v) is 8.00. The monoisotopic (exact) mass is 327 g/mol. The minimum absolute atomic E-state index is 0.0174. The van der Waals surface area contributed by atoms with Crippen molar-refractivity contribution < 1.29 is 18.3 Å². The standard InChI is InChI=1S/C16H23F2N3O2/c1-2-10-3-5-11(6-4-10)20-15-13(18)9-12(14(19)22)16(21-15)23-8-7-17/h9-11H,2-8H2,1H3,(H2,19,22)(H,20,21). The lowest BCUT2D eigenvalue weighted by Crippen LogP contribution is -2.27. The van der Waals surface area contributed by atoms with Crippen LogP contribution < -0.4 is 15.8 Å². The number of carbonyl (C=O) groups excluding carboxylic acids is 1. The van der Waals surface area contributed by atoms with E-state index in [4.69, 9.17) is 10.5 Å². The molecule has 1 aliphatic rings. The molecule has 1 saturated carbocycles. The van der Waals surface area contributed by atoms with Crippen molar-refractivity contribution in [2.45, 2.75) is 45.1 Å². The van der Waals surface area contributed by atoms with Gasteiger partial charge in [-0.3, -0.25) is 4.79 Å². The zero-order valence-corrected chi connectivity index (χ0v) is 13.3. The summed E-state index contributed by atoms with van der Waals surface area (Å²) in [4.78, 5) is 15.3. The van der Waals surface area contributed by atoms with Gasteiger partial charge in [-0.25, -0.2) is 8.78 Å². The summed E-state index contributed by atoms with van der Waals surface area (Å²) in [5.41, 5.74) is 5.00. The fraction of sp³-hybridized carbons (Fsp3) is 0.625. The minimum atomic E-state index is -0.861. The number of rotatable bonds is 7. The highest BCUT2D eigenvalue weighted by Crippen LogP contribution is 2.30. The average Bonchev–Trinajstić information content (AvgIpc) is 2.55. The predicted molar refractivity (Wildman–Crippen MR) is 83.8 cm³/mol. The highest BCUT2D eigenvalue weighted by molar-refractivity contribution is 5.95. The number of hydrogen-bond donors (Lipinski definition) is 2. The van der Waals surface area contributed by atoms with Crippen LogP contribution in [0.25, 0.3) is 0 Å². The zero-order chi connectivity index (χ0) is 16.8. The van der Waals surface area contributed by atoms with E-state index in [0.29, 0.717) is 0 Å². The molecule has 0 aliphatic heterocycles. The lowest BCUT2D eigenvalue weighted by Gasteiger charge is -2.29. The first-order valence-electron chi connectivity index (χ1n) is 8.00. The summed E-state index contributed by atoms with van der Waals surface area (Å²) >= 11 is 0. The van der Waals surface area contributed by atoms with Gasteiger partial charge in [0.05, 0.1) is 0 Å². The zero-order valence-electron chi connectivity index (χ0n) is 13.3. The first-order chi connectivity index (χ1) is 11.0. The predicted octanol–water partition coefficient (Wildman–Crippen LogP) is 3.05. The Morgan fingerprint density at radius 3 is 2.70 bits per heavy atom. The van der Waals surface area contributed by atoms with Crippen LogP contribution in [0.15, 0.2) is 6.07 Å². The maximum atomic E-state index is 14.1. The summed E-state index contributed by atoms with van der Waals surface area (Å²) in [6.07, 6.45) is 5.24. The molecule has 1 amide bonds. The van der Waals surface area contributed by atoms with Crippen molar-refractivity contribution in [2.75, 3.05) is 18.6 Å². The number of nitrogens with two attached hydrogens (primary N) is 1. The molecule has 0 atom stereocenters. The summed E-state index contributed by atoms with van der Waals surface area (Å²) in [7, 11) is 0. The molecule has 1 aromatic rings. The maximum Gasteiger partial charge on any atom is 0.254 e. The summed E-state index contributed by atoms with van der Waals surface area (Å²) in [6.45, 7) is 1.18. The molecule has 23 heavy (non-hydrogen) atoms. The van der Waals surface area contributed by atoms with Crippen LogP contribution in [-0.4, -0.2) is 30.2 Å². The number of hydrogen-bond acceptors (Lipinski definition) is 4. The number of aromatic nitrogens is 1. The average molecular weight is 327 g/mol. The van der Waals surface area contributed by atoms with Crippen LogP contribution in [0, 0.1) is 11.7 Å². The smallest absolute Gasteiger partial charge is 0.254 e. The fourth-order valence-electron chi connectivity index (χ4n) is 2.90. The molecule has 1 aliphatic carbocycles. The molecule has 0 spiro atoms. The number of nitrogens with zero attached hydrogens (tertiary/aromatic N) is 1. The van der Waals surface area contributed by atoms with Gasteiger partial charge in [0.2, 0.25) is 5.88 Å². The van der Waals surface area contributed by atoms with E-state index >= 15 is 0 Å². The fourth-order valence-corrected chi connectivity index (χ4v) is 2.90. The lowest BCUT2D eigenvalue weighted by atomic mass is 9.84. The van der Waals surface area contributed by atoms with Gasteiger partial charge >= 0.3 is 0 Å². The largest absolute Gasteiger partial charge is 0.474 e. The molecule has 0 bridgehead atoms. The Morgan fingerprint density at radius 2 is 2.13 bits per heavy atom. The topological polar surface area (TPSA) is 77.2 Å². The molecular formula is C16H23F2N3O2. The number of carbonyl (C=O) groups is 1. The van der Waals surface area contributed by atoms with E-state index in [0.717, 1.165) is 44.1 Å². The van der Waals surface area contributed by atoms with Crippen molar-refractivity contribution >= 4 is 11.7 Å². The SMILES string of the molecule is CCC1CCC(Nc2nc(OCCF)c(C(N)=O)cc2F)CC1. The molecule has 128 valence electrons. The van der Waals surface area contributed by atoms with Gasteiger partial charge in [-0.15, -0.1) is 0 Å². The molecule has 1 aromatic heterocycles. The van der Waals surface area contributed by atoms with E-state index in [1.807, 2.05) is 0 Å². The van der Waals surface area contributed by atoms with Gasteiger partial charge in [-0.05, 0) is 37.7 Å². The van der Waals surface area contributed by atoms with Crippen LogP contribution in [0.4, 0.5) is 14.6 Å². The van der Waals surface area contributed by atoms with Gasteiger partial charge in [0, 0.05) is 6.04 Å². The van der Waals surface area contributed by atoms with Crippen LogP contribution in [0.1, 0.15) is 49.4 Å². The number of alkyl halides is 1. The molecule has 0 aromatic carbocycles. The molecule has 0 unspecified atom stereocenters. The number of ether oxygens (including phenoxy) is 1. The van der Waals surface area contributed by atoms with Gasteiger partial charge in [0.1, 0.15) is 18.8 Å². The maximum absolute atomic E-state index is 14.1. The van der Waals surface area contributed by atoms with Crippen LogP contribution in [0.2, 0.25) is 0 Å². The summed E-state index contributed by atoms with van der Waals surface area (Å²) in [5, 5.41) is 3.06. The Bertz CT molecular complexity index is 546. The quantitative estimate of drug-likeness (QED) is 0.807. The van der Waals surface area contributed by atoms with E-state index in [1.165, 1.54) is 0 Å². The van der Waals surface area contributed by atoms with Crippen molar-refractivity contribution in [3.8, 4) is 5.88 Å². The third-order valence-electron chi connectivity index (χ3n) is 4.29. The molecule has 3 N–H and O–H groups in total. The Hall–Kier alpha value is -1.92. The first kappa shape index (κ1) is 17.4. The van der Waals surface area contributed by atoms with Crippen molar-refractivity contribution in [3.05, 3.63) is 17.4 Å². The van der Waals surface area contributed by atoms with Crippen LogP contribution in [0.3, 0.4) is 0 Å². The van der Waals surface area contributed by atoms with Gasteiger partial charge in [-0.2, -0.15) is 4.98 Å². The van der Waals surface area contributed by atoms with Gasteiger partial charge in [0.15, 0.2) is 11.6 Å². The minimum Gasteiger partial charge on any atom is -0.474 e. The van der Waals surface area contributed by atoms with Crippen molar-refractivity contribution in [1.82, 2.24) is 4.98 Å². The molecule has 5 nitrogen and oxygen atoms in total. The highest BCUT2D eigenvalue weighted by Gasteiger charge is 2.23. The Morgan fingerprint density at radius 1 is 1.43 bits per heavy atom. The van der Waals surface area contributed by atoms with E-state index in [9.17, 15) is 13.6 Å². The molecule has 2 rings (SSSR count).